The Morgan fingerprint density at radius 3 is 1.69 bits per heavy atom. The van der Waals surface area contributed by atoms with E-state index < -0.39 is 0 Å². The first-order chi connectivity index (χ1) is 20.8. The van der Waals surface area contributed by atoms with E-state index in [2.05, 4.69) is 109 Å². The molecule has 6 aromatic carbocycles. The van der Waals surface area contributed by atoms with Gasteiger partial charge >= 0.3 is 0 Å². The molecule has 0 unspecified atom stereocenters. The van der Waals surface area contributed by atoms with Crippen LogP contribution < -0.4 is 0 Å². The first kappa shape index (κ1) is 24.3. The van der Waals surface area contributed by atoms with Gasteiger partial charge in [-0.15, -0.1) is 5.10 Å². The number of rotatable bonds is 5. The van der Waals surface area contributed by atoms with Crippen LogP contribution in [0.1, 0.15) is 22.6 Å². The van der Waals surface area contributed by atoms with Crippen molar-refractivity contribution in [2.24, 2.45) is 0 Å². The summed E-state index contributed by atoms with van der Waals surface area (Å²) < 4.78 is 1.95. The summed E-state index contributed by atoms with van der Waals surface area (Å²) in [6.45, 7) is 0. The molecule has 3 nitrogen and oxygen atoms in total. The highest BCUT2D eigenvalue weighted by Crippen LogP contribution is 2.48. The van der Waals surface area contributed by atoms with Crippen LogP contribution in [0, 0.1) is 0 Å². The molecule has 0 radical (unpaired) electrons. The first-order valence-corrected chi connectivity index (χ1v) is 14.3. The molecule has 0 spiro atoms. The predicted octanol–water partition coefficient (Wildman–Crippen LogP) is 9.43. The van der Waals surface area contributed by atoms with Crippen LogP contribution in [0.5, 0.6) is 0 Å². The summed E-state index contributed by atoms with van der Waals surface area (Å²) in [7, 11) is 0. The molecular formula is C39H27N3. The average molecular weight is 538 g/mol. The highest BCUT2D eigenvalue weighted by molar-refractivity contribution is 5.81. The van der Waals surface area contributed by atoms with Crippen molar-refractivity contribution in [3.8, 4) is 50.7 Å². The summed E-state index contributed by atoms with van der Waals surface area (Å²) in [5.74, 6) is 1.77. The summed E-state index contributed by atoms with van der Waals surface area (Å²) in [5, 5.41) is 4.94. The van der Waals surface area contributed by atoms with E-state index in [9.17, 15) is 0 Å². The quantitative estimate of drug-likeness (QED) is 0.219. The standard InChI is InChI=1S/C39H27N3/c1-3-12-28(13-4-1)38-40-39(29-14-5-2-6-15-29)42(41-38)32-24-22-27(23-25-32)30-16-11-17-31(26-30)37-35-20-9-7-18-33(35)34-19-8-10-21-36(34)37/h1-26,37H. The molecule has 0 N–H and O–H groups in total. The van der Waals surface area contributed by atoms with Gasteiger partial charge in [-0.2, -0.15) is 0 Å². The Morgan fingerprint density at radius 2 is 1.02 bits per heavy atom. The van der Waals surface area contributed by atoms with Crippen LogP contribution in [0.25, 0.3) is 50.7 Å². The lowest BCUT2D eigenvalue weighted by Gasteiger charge is -2.16. The van der Waals surface area contributed by atoms with E-state index in [1.54, 1.807) is 0 Å². The zero-order chi connectivity index (χ0) is 27.9. The minimum atomic E-state index is 0.233. The van der Waals surface area contributed by atoms with Crippen molar-refractivity contribution in [2.75, 3.05) is 0 Å². The highest BCUT2D eigenvalue weighted by atomic mass is 15.4. The van der Waals surface area contributed by atoms with Crippen LogP contribution in [-0.4, -0.2) is 14.8 Å². The van der Waals surface area contributed by atoms with Gasteiger partial charge in [0.15, 0.2) is 11.6 Å². The molecule has 1 heterocycles. The van der Waals surface area contributed by atoms with Crippen molar-refractivity contribution >= 4 is 0 Å². The molecule has 7 aromatic rings. The van der Waals surface area contributed by atoms with Gasteiger partial charge in [0, 0.05) is 17.0 Å². The molecule has 198 valence electrons. The van der Waals surface area contributed by atoms with Crippen LogP contribution in [0.4, 0.5) is 0 Å². The number of benzene rings is 6. The van der Waals surface area contributed by atoms with Gasteiger partial charge in [-0.25, -0.2) is 9.67 Å². The summed E-state index contributed by atoms with van der Waals surface area (Å²) in [5.41, 5.74) is 12.1. The maximum Gasteiger partial charge on any atom is 0.182 e. The zero-order valence-electron chi connectivity index (χ0n) is 22.9. The van der Waals surface area contributed by atoms with E-state index >= 15 is 0 Å². The van der Waals surface area contributed by atoms with Crippen LogP contribution >= 0.6 is 0 Å². The molecule has 0 amide bonds. The topological polar surface area (TPSA) is 30.7 Å². The molecule has 42 heavy (non-hydrogen) atoms. The van der Waals surface area contributed by atoms with Crippen molar-refractivity contribution in [2.45, 2.75) is 5.92 Å². The van der Waals surface area contributed by atoms with Crippen LogP contribution in [-0.2, 0) is 0 Å². The second-order valence-electron chi connectivity index (χ2n) is 10.7. The molecule has 0 fully saturated rings. The molecule has 1 aliphatic carbocycles. The third kappa shape index (κ3) is 4.15. The van der Waals surface area contributed by atoms with Gasteiger partial charge in [0.25, 0.3) is 0 Å². The number of aromatic nitrogens is 3. The number of fused-ring (bicyclic) bond motifs is 3. The molecule has 0 saturated heterocycles. The third-order valence-corrected chi connectivity index (χ3v) is 8.17. The Hall–Kier alpha value is -5.54. The predicted molar refractivity (Wildman–Crippen MR) is 170 cm³/mol. The van der Waals surface area contributed by atoms with Gasteiger partial charge in [-0.1, -0.05) is 146 Å². The number of nitrogens with zero attached hydrogens (tertiary/aromatic N) is 3. The Labute approximate surface area is 245 Å². The van der Waals surface area contributed by atoms with Crippen molar-refractivity contribution in [3.05, 3.63) is 174 Å². The van der Waals surface area contributed by atoms with Crippen molar-refractivity contribution < 1.29 is 0 Å². The second kappa shape index (κ2) is 10.1. The summed E-state index contributed by atoms with van der Waals surface area (Å²) in [6, 6.07) is 55.6. The maximum atomic E-state index is 4.95. The van der Waals surface area contributed by atoms with Crippen molar-refractivity contribution in [3.63, 3.8) is 0 Å². The van der Waals surface area contributed by atoms with Gasteiger partial charge < -0.3 is 0 Å². The van der Waals surface area contributed by atoms with Crippen LogP contribution in [0.15, 0.2) is 158 Å². The summed E-state index contributed by atoms with van der Waals surface area (Å²) in [6.07, 6.45) is 0. The first-order valence-electron chi connectivity index (χ1n) is 14.3. The van der Waals surface area contributed by atoms with Crippen LogP contribution in [0.2, 0.25) is 0 Å². The zero-order valence-corrected chi connectivity index (χ0v) is 22.9. The lowest BCUT2D eigenvalue weighted by Crippen LogP contribution is -2.00. The van der Waals surface area contributed by atoms with Gasteiger partial charge in [-0.3, -0.25) is 0 Å². The third-order valence-electron chi connectivity index (χ3n) is 8.17. The summed E-state index contributed by atoms with van der Waals surface area (Å²) in [4.78, 5) is 4.95. The van der Waals surface area contributed by atoms with E-state index in [-0.39, 0.29) is 5.92 Å². The maximum absolute atomic E-state index is 4.95. The van der Waals surface area contributed by atoms with Gasteiger partial charge in [0.2, 0.25) is 0 Å². The van der Waals surface area contributed by atoms with E-state index in [1.165, 1.54) is 38.9 Å². The van der Waals surface area contributed by atoms with E-state index in [0.29, 0.717) is 5.82 Å². The fraction of sp³-hybridized carbons (Fsp3) is 0.0256. The fourth-order valence-electron chi connectivity index (χ4n) is 6.18. The highest BCUT2D eigenvalue weighted by Gasteiger charge is 2.29. The fourth-order valence-corrected chi connectivity index (χ4v) is 6.18. The minimum absolute atomic E-state index is 0.233. The number of hydrogen-bond acceptors (Lipinski definition) is 2. The molecular weight excluding hydrogens is 510 g/mol. The van der Waals surface area contributed by atoms with Gasteiger partial charge in [-0.05, 0) is 51.1 Å². The van der Waals surface area contributed by atoms with E-state index in [1.807, 2.05) is 53.2 Å². The Bertz CT molecular complexity index is 1980. The second-order valence-corrected chi connectivity index (χ2v) is 10.7. The van der Waals surface area contributed by atoms with Gasteiger partial charge in [0.1, 0.15) is 0 Å². The normalized spacial score (nSPS) is 12.2. The molecule has 3 heteroatoms. The van der Waals surface area contributed by atoms with Crippen molar-refractivity contribution in [1.29, 1.82) is 0 Å². The SMILES string of the molecule is c1ccc(-c2nc(-c3ccccc3)n(-c3ccc(-c4cccc(C5c6ccccc6-c6ccccc65)c4)cc3)n2)cc1. The Kier molecular flexibility index (Phi) is 5.86. The van der Waals surface area contributed by atoms with Crippen LogP contribution in [0.3, 0.4) is 0 Å². The number of hydrogen-bond donors (Lipinski definition) is 0. The lowest BCUT2D eigenvalue weighted by atomic mass is 9.88. The molecule has 1 aliphatic rings. The van der Waals surface area contributed by atoms with E-state index in [0.717, 1.165) is 22.6 Å². The molecule has 1 aromatic heterocycles. The minimum Gasteiger partial charge on any atom is -0.213 e. The smallest absolute Gasteiger partial charge is 0.182 e. The summed E-state index contributed by atoms with van der Waals surface area (Å²) >= 11 is 0. The molecule has 0 saturated carbocycles. The monoisotopic (exact) mass is 537 g/mol. The average Bonchev–Trinajstić information content (AvgIpc) is 3.66. The molecule has 0 atom stereocenters. The Balaban J connectivity index is 1.17. The molecule has 0 bridgehead atoms. The Morgan fingerprint density at radius 1 is 0.452 bits per heavy atom. The largest absolute Gasteiger partial charge is 0.213 e. The van der Waals surface area contributed by atoms with Crippen molar-refractivity contribution in [1.82, 2.24) is 14.8 Å². The lowest BCUT2D eigenvalue weighted by molar-refractivity contribution is 0.890. The van der Waals surface area contributed by atoms with E-state index in [4.69, 9.17) is 10.1 Å². The molecule has 8 rings (SSSR count). The van der Waals surface area contributed by atoms with Gasteiger partial charge in [0.05, 0.1) is 5.69 Å². The molecule has 0 aliphatic heterocycles.